The average molecular weight is 443 g/mol. The van der Waals surface area contributed by atoms with Crippen LogP contribution in [0, 0.1) is 5.82 Å². The SMILES string of the molecule is COc1cc(OC)nc([N+](C(N)=O)(c2ccc(F)cc2C(=O)N(C)C)S(N)(=O)=O)n1. The fourth-order valence-corrected chi connectivity index (χ4v) is 3.63. The Labute approximate surface area is 171 Å². The summed E-state index contributed by atoms with van der Waals surface area (Å²) in [6.07, 6.45) is 0. The molecule has 0 bridgehead atoms. The molecule has 1 unspecified atom stereocenters. The number of aromatic nitrogens is 2. The number of carbonyl (C=O) groups is 2. The zero-order chi connectivity index (χ0) is 22.9. The van der Waals surface area contributed by atoms with Crippen molar-refractivity contribution in [3.8, 4) is 11.8 Å². The Morgan fingerprint density at radius 2 is 1.63 bits per heavy atom. The van der Waals surface area contributed by atoms with Crippen LogP contribution in [0.4, 0.5) is 20.8 Å². The lowest BCUT2D eigenvalue weighted by atomic mass is 10.1. The van der Waals surface area contributed by atoms with Crippen molar-refractivity contribution in [2.75, 3.05) is 28.3 Å². The Morgan fingerprint density at radius 1 is 1.10 bits per heavy atom. The summed E-state index contributed by atoms with van der Waals surface area (Å²) in [5.41, 5.74) is 4.40. The molecule has 0 aliphatic carbocycles. The van der Waals surface area contributed by atoms with Crippen LogP contribution in [-0.4, -0.2) is 63.5 Å². The van der Waals surface area contributed by atoms with E-state index in [0.29, 0.717) is 0 Å². The second kappa shape index (κ2) is 8.17. The molecule has 1 heterocycles. The van der Waals surface area contributed by atoms with Crippen molar-refractivity contribution in [3.63, 3.8) is 0 Å². The van der Waals surface area contributed by atoms with Gasteiger partial charge in [0.05, 0.1) is 20.3 Å². The van der Waals surface area contributed by atoms with Crippen molar-refractivity contribution < 1.29 is 31.9 Å². The number of methoxy groups -OCH3 is 2. The first-order valence-corrected chi connectivity index (χ1v) is 9.61. The number of hydrogen-bond donors (Lipinski definition) is 2. The second-order valence-corrected chi connectivity index (χ2v) is 7.65. The standard InChI is InChI=1S/C16H19FN6O6S/c1-22(2)14(24)10-7-9(17)5-6-11(10)23(15(18)25,30(19,26)27)16-20-12(28-3)8-13(21-16)29-4/h5-8H,1-4H3,(H3-,18,19,25,26,27)/p+1. The molecule has 3 amide bonds. The third-order valence-corrected chi connectivity index (χ3v) is 5.30. The molecule has 2 aromatic rings. The Hall–Kier alpha value is -3.36. The predicted molar refractivity (Wildman–Crippen MR) is 104 cm³/mol. The van der Waals surface area contributed by atoms with Crippen LogP contribution in [0.2, 0.25) is 0 Å². The number of quaternary nitrogens is 1. The van der Waals surface area contributed by atoms with Crippen LogP contribution in [0.25, 0.3) is 0 Å². The molecule has 1 aromatic carbocycles. The number of halogens is 1. The first-order valence-electron chi connectivity index (χ1n) is 8.11. The van der Waals surface area contributed by atoms with Crippen LogP contribution >= 0.6 is 0 Å². The van der Waals surface area contributed by atoms with E-state index in [1.807, 2.05) is 0 Å². The van der Waals surface area contributed by atoms with Crippen molar-refractivity contribution in [2.24, 2.45) is 10.9 Å². The van der Waals surface area contributed by atoms with Gasteiger partial charge in [0, 0.05) is 20.2 Å². The average Bonchev–Trinajstić information content (AvgIpc) is 2.67. The van der Waals surface area contributed by atoms with Crippen molar-refractivity contribution in [1.82, 2.24) is 18.8 Å². The van der Waals surface area contributed by atoms with Crippen molar-refractivity contribution in [3.05, 3.63) is 35.6 Å². The second-order valence-electron chi connectivity index (χ2n) is 6.08. The quantitative estimate of drug-likeness (QED) is 0.599. The lowest BCUT2D eigenvalue weighted by Gasteiger charge is -2.29. The van der Waals surface area contributed by atoms with E-state index in [1.165, 1.54) is 34.4 Å². The summed E-state index contributed by atoms with van der Waals surface area (Å²) < 4.78 is 47.5. The number of carbonyl (C=O) groups excluding carboxylic acids is 2. The molecule has 12 nitrogen and oxygen atoms in total. The van der Waals surface area contributed by atoms with Gasteiger partial charge in [0.1, 0.15) is 11.4 Å². The van der Waals surface area contributed by atoms with E-state index in [0.717, 1.165) is 23.1 Å². The number of hydrogen-bond acceptors (Lipinski definition) is 8. The molecule has 0 saturated carbocycles. The van der Waals surface area contributed by atoms with Crippen LogP contribution in [0.3, 0.4) is 0 Å². The Morgan fingerprint density at radius 3 is 2.03 bits per heavy atom. The third-order valence-electron chi connectivity index (χ3n) is 3.99. The highest BCUT2D eigenvalue weighted by Crippen LogP contribution is 2.39. The minimum atomic E-state index is -5.04. The Kier molecular flexibility index (Phi) is 6.25. The number of primary amides is 1. The zero-order valence-corrected chi connectivity index (χ0v) is 17.3. The number of rotatable bonds is 6. The number of nitrogens with zero attached hydrogens (tertiary/aromatic N) is 4. The molecular weight excluding hydrogens is 423 g/mol. The summed E-state index contributed by atoms with van der Waals surface area (Å²) in [5, 5.41) is 5.41. The summed E-state index contributed by atoms with van der Waals surface area (Å²) in [6, 6.07) is 2.10. The minimum absolute atomic E-state index is 0.188. The van der Waals surface area contributed by atoms with Gasteiger partial charge in [-0.3, -0.25) is 4.79 Å². The van der Waals surface area contributed by atoms with Gasteiger partial charge in [-0.25, -0.2) is 9.18 Å². The number of amides is 3. The smallest absolute Gasteiger partial charge is 0.443 e. The van der Waals surface area contributed by atoms with Gasteiger partial charge in [-0.15, -0.1) is 9.97 Å². The van der Waals surface area contributed by atoms with Gasteiger partial charge in [-0.05, 0) is 16.0 Å². The monoisotopic (exact) mass is 443 g/mol. The fourth-order valence-electron chi connectivity index (χ4n) is 2.64. The number of nitrogens with two attached hydrogens (primary N) is 2. The summed E-state index contributed by atoms with van der Waals surface area (Å²) in [7, 11) is 0.0928. The molecule has 1 atom stereocenters. The molecule has 0 spiro atoms. The number of ether oxygens (including phenoxy) is 2. The van der Waals surface area contributed by atoms with E-state index < -0.39 is 49.1 Å². The lowest BCUT2D eigenvalue weighted by Crippen LogP contribution is -2.61. The van der Waals surface area contributed by atoms with Gasteiger partial charge in [0.2, 0.25) is 11.8 Å². The zero-order valence-electron chi connectivity index (χ0n) is 16.5. The fraction of sp³-hybridized carbons (Fsp3) is 0.250. The molecule has 1 aromatic heterocycles. The maximum Gasteiger partial charge on any atom is 0.443 e. The summed E-state index contributed by atoms with van der Waals surface area (Å²) in [6.45, 7) is 0. The third kappa shape index (κ3) is 3.74. The van der Waals surface area contributed by atoms with Gasteiger partial charge >= 0.3 is 22.2 Å². The molecule has 0 aliphatic rings. The van der Waals surface area contributed by atoms with Crippen molar-refractivity contribution in [1.29, 1.82) is 0 Å². The van der Waals surface area contributed by atoms with Crippen molar-refractivity contribution >= 4 is 33.8 Å². The molecule has 30 heavy (non-hydrogen) atoms. The molecule has 14 heteroatoms. The predicted octanol–water partition coefficient (Wildman–Crippen LogP) is 0.256. The highest BCUT2D eigenvalue weighted by atomic mass is 32.2. The molecule has 2 rings (SSSR count). The largest absolute Gasteiger partial charge is 0.481 e. The first kappa shape index (κ1) is 22.9. The highest BCUT2D eigenvalue weighted by molar-refractivity contribution is 7.89. The van der Waals surface area contributed by atoms with Crippen LogP contribution in [0.1, 0.15) is 10.4 Å². The lowest BCUT2D eigenvalue weighted by molar-refractivity contribution is 0.0827. The molecule has 0 radical (unpaired) electrons. The van der Waals surface area contributed by atoms with Gasteiger partial charge < -0.3 is 20.1 Å². The van der Waals surface area contributed by atoms with E-state index in [-0.39, 0.29) is 11.8 Å². The van der Waals surface area contributed by atoms with Crippen LogP contribution in [-0.2, 0) is 10.2 Å². The molecule has 0 fully saturated rings. The van der Waals surface area contributed by atoms with Gasteiger partial charge in [0.25, 0.3) is 5.91 Å². The molecule has 0 aliphatic heterocycles. The number of urea groups is 1. The molecule has 4 N–H and O–H groups in total. The summed E-state index contributed by atoms with van der Waals surface area (Å²) in [5.74, 6) is -2.86. The summed E-state index contributed by atoms with van der Waals surface area (Å²) in [4.78, 5) is 34.1. The van der Waals surface area contributed by atoms with Crippen molar-refractivity contribution in [2.45, 2.75) is 0 Å². The van der Waals surface area contributed by atoms with Crippen LogP contribution in [0.5, 0.6) is 11.8 Å². The summed E-state index contributed by atoms with van der Waals surface area (Å²) >= 11 is 0. The van der Waals surface area contributed by atoms with E-state index in [2.05, 4.69) is 9.97 Å². The topological polar surface area (TPSA) is 168 Å². The molecule has 162 valence electrons. The van der Waals surface area contributed by atoms with Gasteiger partial charge in [-0.1, -0.05) is 0 Å². The first-order chi connectivity index (χ1) is 13.9. The maximum absolute atomic E-state index is 14.0. The van der Waals surface area contributed by atoms with E-state index >= 15 is 0 Å². The van der Waals surface area contributed by atoms with Gasteiger partial charge in [-0.2, -0.15) is 13.6 Å². The Bertz CT molecular complexity index is 1090. The highest BCUT2D eigenvalue weighted by Gasteiger charge is 2.56. The van der Waals surface area contributed by atoms with Crippen LogP contribution in [0.15, 0.2) is 24.3 Å². The van der Waals surface area contributed by atoms with E-state index in [9.17, 15) is 22.4 Å². The van der Waals surface area contributed by atoms with Crippen LogP contribution < -0.4 is 24.2 Å². The normalized spacial score (nSPS) is 13.3. The van der Waals surface area contributed by atoms with E-state index in [4.69, 9.17) is 20.3 Å². The Balaban J connectivity index is 3.10. The molecule has 0 saturated heterocycles. The number of benzene rings is 1. The van der Waals surface area contributed by atoms with Gasteiger partial charge in [0.15, 0.2) is 5.69 Å². The minimum Gasteiger partial charge on any atom is -0.481 e. The molecular formula is C16H20FN6O6S+. The van der Waals surface area contributed by atoms with E-state index in [1.54, 1.807) is 0 Å². The maximum atomic E-state index is 14.0.